The highest BCUT2D eigenvalue weighted by molar-refractivity contribution is 6.39. The number of amides is 2. The zero-order valence-corrected chi connectivity index (χ0v) is 11.3. The van der Waals surface area contributed by atoms with Gasteiger partial charge in [0.2, 0.25) is 0 Å². The van der Waals surface area contributed by atoms with Crippen molar-refractivity contribution in [1.82, 2.24) is 5.32 Å². The summed E-state index contributed by atoms with van der Waals surface area (Å²) in [4.78, 5) is 23.5. The number of aliphatic hydroxyl groups is 1. The molecule has 6 heteroatoms. The molecule has 1 fully saturated rings. The standard InChI is InChI=1S/C14H18N2O4/c1-20-11-5-3-2-4-10(11)16-13(19)12(18)15-8-14(9-17)6-7-14/h2-5,17H,6-9H2,1H3,(H,15,18)(H,16,19). The fourth-order valence-corrected chi connectivity index (χ4v) is 1.84. The molecule has 3 N–H and O–H groups in total. The molecule has 0 aliphatic heterocycles. The molecule has 2 amide bonds. The number of rotatable bonds is 5. The third kappa shape index (κ3) is 3.27. The van der Waals surface area contributed by atoms with Crippen molar-refractivity contribution in [3.05, 3.63) is 24.3 Å². The van der Waals surface area contributed by atoms with Crippen molar-refractivity contribution in [3.8, 4) is 5.75 Å². The Morgan fingerprint density at radius 3 is 2.60 bits per heavy atom. The SMILES string of the molecule is COc1ccccc1NC(=O)C(=O)NCC1(CO)CC1. The predicted molar refractivity (Wildman–Crippen MR) is 73.4 cm³/mol. The van der Waals surface area contributed by atoms with Crippen molar-refractivity contribution >= 4 is 17.5 Å². The van der Waals surface area contributed by atoms with Crippen LogP contribution in [0, 0.1) is 5.41 Å². The number of carbonyl (C=O) groups is 2. The maximum Gasteiger partial charge on any atom is 0.313 e. The topological polar surface area (TPSA) is 87.7 Å². The summed E-state index contributed by atoms with van der Waals surface area (Å²) >= 11 is 0. The summed E-state index contributed by atoms with van der Waals surface area (Å²) < 4.78 is 5.09. The van der Waals surface area contributed by atoms with Gasteiger partial charge in [-0.3, -0.25) is 9.59 Å². The molecular formula is C14H18N2O4. The van der Waals surface area contributed by atoms with Crippen LogP contribution < -0.4 is 15.4 Å². The number of nitrogens with one attached hydrogen (secondary N) is 2. The van der Waals surface area contributed by atoms with Crippen LogP contribution >= 0.6 is 0 Å². The molecule has 0 saturated heterocycles. The van der Waals surface area contributed by atoms with Crippen LogP contribution in [0.25, 0.3) is 0 Å². The summed E-state index contributed by atoms with van der Waals surface area (Å²) in [6.45, 7) is 0.350. The number of benzene rings is 1. The number of aliphatic hydroxyl groups excluding tert-OH is 1. The fourth-order valence-electron chi connectivity index (χ4n) is 1.84. The molecule has 0 heterocycles. The first-order chi connectivity index (χ1) is 9.60. The van der Waals surface area contributed by atoms with Gasteiger partial charge in [-0.25, -0.2) is 0 Å². The van der Waals surface area contributed by atoms with E-state index < -0.39 is 11.8 Å². The molecule has 0 unspecified atom stereocenters. The quantitative estimate of drug-likeness (QED) is 0.685. The molecule has 0 aromatic heterocycles. The van der Waals surface area contributed by atoms with Crippen LogP contribution in [-0.4, -0.2) is 37.2 Å². The van der Waals surface area contributed by atoms with Gasteiger partial charge in [0.25, 0.3) is 0 Å². The van der Waals surface area contributed by atoms with E-state index in [1.165, 1.54) is 7.11 Å². The van der Waals surface area contributed by atoms with Gasteiger partial charge >= 0.3 is 11.8 Å². The third-order valence-electron chi connectivity index (χ3n) is 3.48. The number of hydrogen-bond donors (Lipinski definition) is 3. The lowest BCUT2D eigenvalue weighted by molar-refractivity contribution is -0.136. The van der Waals surface area contributed by atoms with Crippen molar-refractivity contribution < 1.29 is 19.4 Å². The van der Waals surface area contributed by atoms with E-state index in [4.69, 9.17) is 9.84 Å². The zero-order valence-electron chi connectivity index (χ0n) is 11.3. The molecule has 108 valence electrons. The van der Waals surface area contributed by atoms with Crippen LogP contribution in [-0.2, 0) is 9.59 Å². The number of ether oxygens (including phenoxy) is 1. The minimum atomic E-state index is -0.747. The normalized spacial score (nSPS) is 15.3. The minimum Gasteiger partial charge on any atom is -0.495 e. The van der Waals surface area contributed by atoms with E-state index in [9.17, 15) is 9.59 Å². The second-order valence-corrected chi connectivity index (χ2v) is 5.00. The Bertz CT molecular complexity index is 512. The largest absolute Gasteiger partial charge is 0.495 e. The summed E-state index contributed by atoms with van der Waals surface area (Å²) in [7, 11) is 1.49. The van der Waals surface area contributed by atoms with Crippen LogP contribution in [0.4, 0.5) is 5.69 Å². The first kappa shape index (κ1) is 14.3. The first-order valence-corrected chi connectivity index (χ1v) is 6.43. The summed E-state index contributed by atoms with van der Waals surface area (Å²) in [6.07, 6.45) is 1.75. The monoisotopic (exact) mass is 278 g/mol. The van der Waals surface area contributed by atoms with E-state index in [2.05, 4.69) is 10.6 Å². The Hall–Kier alpha value is -2.08. The molecule has 1 aliphatic rings. The highest BCUT2D eigenvalue weighted by atomic mass is 16.5. The Balaban J connectivity index is 1.89. The Morgan fingerprint density at radius 2 is 2.00 bits per heavy atom. The first-order valence-electron chi connectivity index (χ1n) is 6.43. The Labute approximate surface area is 117 Å². The molecule has 20 heavy (non-hydrogen) atoms. The number of carbonyl (C=O) groups excluding carboxylic acids is 2. The van der Waals surface area contributed by atoms with Gasteiger partial charge in [-0.05, 0) is 25.0 Å². The van der Waals surface area contributed by atoms with Gasteiger partial charge in [0.05, 0.1) is 19.4 Å². The average molecular weight is 278 g/mol. The van der Waals surface area contributed by atoms with Crippen molar-refractivity contribution in [2.24, 2.45) is 5.41 Å². The lowest BCUT2D eigenvalue weighted by Crippen LogP contribution is -2.39. The average Bonchev–Trinajstić information content (AvgIpc) is 3.26. The smallest absolute Gasteiger partial charge is 0.313 e. The number of methoxy groups -OCH3 is 1. The second-order valence-electron chi connectivity index (χ2n) is 5.00. The van der Waals surface area contributed by atoms with Crippen LogP contribution in [0.5, 0.6) is 5.75 Å². The second kappa shape index (κ2) is 5.92. The lowest BCUT2D eigenvalue weighted by Gasteiger charge is -2.13. The number of hydrogen-bond acceptors (Lipinski definition) is 4. The van der Waals surface area contributed by atoms with Crippen molar-refractivity contribution in [3.63, 3.8) is 0 Å². The van der Waals surface area contributed by atoms with Gasteiger partial charge in [-0.2, -0.15) is 0 Å². The zero-order chi connectivity index (χ0) is 14.6. The molecule has 1 aromatic rings. The summed E-state index contributed by atoms with van der Waals surface area (Å²) in [5.41, 5.74) is 0.221. The van der Waals surface area contributed by atoms with Gasteiger partial charge in [0.15, 0.2) is 0 Å². The van der Waals surface area contributed by atoms with Crippen LogP contribution in [0.1, 0.15) is 12.8 Å². The van der Waals surface area contributed by atoms with Crippen LogP contribution in [0.15, 0.2) is 24.3 Å². The van der Waals surface area contributed by atoms with E-state index >= 15 is 0 Å². The maximum absolute atomic E-state index is 11.8. The van der Waals surface area contributed by atoms with Crippen molar-refractivity contribution in [1.29, 1.82) is 0 Å². The van der Waals surface area contributed by atoms with E-state index in [0.29, 0.717) is 18.0 Å². The minimum absolute atomic E-state index is 0.0292. The van der Waals surface area contributed by atoms with Gasteiger partial charge in [0.1, 0.15) is 5.75 Å². The summed E-state index contributed by atoms with van der Waals surface area (Å²) in [5.74, 6) is -0.971. The van der Waals surface area contributed by atoms with Crippen molar-refractivity contribution in [2.45, 2.75) is 12.8 Å². The maximum atomic E-state index is 11.8. The summed E-state index contributed by atoms with van der Waals surface area (Å²) in [5, 5.41) is 14.2. The number of anilines is 1. The van der Waals surface area contributed by atoms with Gasteiger partial charge in [-0.15, -0.1) is 0 Å². The number of para-hydroxylation sites is 2. The van der Waals surface area contributed by atoms with E-state index in [0.717, 1.165) is 12.8 Å². The fraction of sp³-hybridized carbons (Fsp3) is 0.429. The Morgan fingerprint density at radius 1 is 1.30 bits per heavy atom. The molecule has 0 spiro atoms. The Kier molecular flexibility index (Phi) is 4.24. The molecule has 2 rings (SSSR count). The van der Waals surface area contributed by atoms with Crippen molar-refractivity contribution in [2.75, 3.05) is 25.6 Å². The summed E-state index contributed by atoms with van der Waals surface area (Å²) in [6, 6.07) is 6.85. The molecule has 1 aliphatic carbocycles. The van der Waals surface area contributed by atoms with Gasteiger partial charge in [0, 0.05) is 12.0 Å². The van der Waals surface area contributed by atoms with E-state index in [1.807, 2.05) is 0 Å². The van der Waals surface area contributed by atoms with Crippen LogP contribution in [0.2, 0.25) is 0 Å². The van der Waals surface area contributed by atoms with E-state index in [-0.39, 0.29) is 12.0 Å². The van der Waals surface area contributed by atoms with E-state index in [1.54, 1.807) is 24.3 Å². The molecule has 0 radical (unpaired) electrons. The van der Waals surface area contributed by atoms with Crippen LogP contribution in [0.3, 0.4) is 0 Å². The molecular weight excluding hydrogens is 260 g/mol. The van der Waals surface area contributed by atoms with Gasteiger partial charge < -0.3 is 20.5 Å². The molecule has 1 saturated carbocycles. The van der Waals surface area contributed by atoms with Gasteiger partial charge in [-0.1, -0.05) is 12.1 Å². The molecule has 0 bridgehead atoms. The molecule has 6 nitrogen and oxygen atoms in total. The third-order valence-corrected chi connectivity index (χ3v) is 3.48. The highest BCUT2D eigenvalue weighted by Crippen LogP contribution is 2.44. The highest BCUT2D eigenvalue weighted by Gasteiger charge is 2.42. The lowest BCUT2D eigenvalue weighted by atomic mass is 10.1. The molecule has 0 atom stereocenters. The molecule has 1 aromatic carbocycles. The predicted octanol–water partition coefficient (Wildman–Crippen LogP) is 0.522.